The lowest BCUT2D eigenvalue weighted by Gasteiger charge is -2.31. The zero-order valence-corrected chi connectivity index (χ0v) is 17.2. The van der Waals surface area contributed by atoms with Gasteiger partial charge < -0.3 is 20.3 Å². The zero-order chi connectivity index (χ0) is 20.7. The molecule has 0 aliphatic carbocycles. The highest BCUT2D eigenvalue weighted by atomic mass is 32.2. The van der Waals surface area contributed by atoms with Crippen LogP contribution >= 0.6 is 0 Å². The smallest absolute Gasteiger partial charge is 0.261 e. The third-order valence-electron chi connectivity index (χ3n) is 4.61. The number of nitrogens with one attached hydrogen (secondary N) is 3. The number of sulfonamides is 1. The Morgan fingerprint density at radius 1 is 1.14 bits per heavy atom. The molecule has 1 aliphatic rings. The molecule has 0 aromatic heterocycles. The van der Waals surface area contributed by atoms with Crippen LogP contribution in [-0.2, 0) is 14.8 Å². The fourth-order valence-electron chi connectivity index (χ4n) is 3.11. The second kappa shape index (κ2) is 9.73. The summed E-state index contributed by atoms with van der Waals surface area (Å²) in [5.74, 6) is -0.283. The molecule has 1 fully saturated rings. The lowest BCUT2D eigenvalue weighted by molar-refractivity contribution is 0.0937. The second-order valence-electron chi connectivity index (χ2n) is 6.64. The Labute approximate surface area is 171 Å². The van der Waals surface area contributed by atoms with Crippen molar-refractivity contribution in [2.45, 2.75) is 4.90 Å². The molecule has 156 valence electrons. The number of rotatable bonds is 8. The van der Waals surface area contributed by atoms with Crippen LogP contribution in [0.1, 0.15) is 10.4 Å². The van der Waals surface area contributed by atoms with Gasteiger partial charge in [-0.15, -0.1) is 0 Å². The van der Waals surface area contributed by atoms with Gasteiger partial charge in [0.05, 0.1) is 22.9 Å². The van der Waals surface area contributed by atoms with Crippen LogP contribution in [0.4, 0.5) is 11.4 Å². The van der Waals surface area contributed by atoms with Crippen molar-refractivity contribution in [1.82, 2.24) is 10.6 Å². The number of amides is 1. The molecule has 8 nitrogen and oxygen atoms in total. The van der Waals surface area contributed by atoms with Crippen LogP contribution < -0.4 is 20.3 Å². The second-order valence-corrected chi connectivity index (χ2v) is 8.32. The van der Waals surface area contributed by atoms with Crippen molar-refractivity contribution in [3.05, 3.63) is 54.1 Å². The monoisotopic (exact) mass is 418 g/mol. The predicted molar refractivity (Wildman–Crippen MR) is 113 cm³/mol. The number of carbonyl (C=O) groups excluding carboxylic acids is 1. The largest absolute Gasteiger partial charge is 0.383 e. The Hall–Kier alpha value is -2.62. The summed E-state index contributed by atoms with van der Waals surface area (Å²) in [4.78, 5) is 14.7. The summed E-state index contributed by atoms with van der Waals surface area (Å²) in [6.07, 6.45) is 0. The molecule has 1 aliphatic heterocycles. The Bertz CT molecular complexity index is 929. The molecule has 0 unspecified atom stereocenters. The van der Waals surface area contributed by atoms with Crippen LogP contribution in [-0.4, -0.2) is 60.8 Å². The first-order valence-corrected chi connectivity index (χ1v) is 10.9. The minimum Gasteiger partial charge on any atom is -0.383 e. The summed E-state index contributed by atoms with van der Waals surface area (Å²) < 4.78 is 33.4. The third-order valence-corrected chi connectivity index (χ3v) is 5.99. The van der Waals surface area contributed by atoms with E-state index in [4.69, 9.17) is 4.74 Å². The maximum Gasteiger partial charge on any atom is 0.261 e. The molecule has 3 N–H and O–H groups in total. The van der Waals surface area contributed by atoms with Gasteiger partial charge in [0, 0.05) is 45.4 Å². The van der Waals surface area contributed by atoms with E-state index in [-0.39, 0.29) is 10.8 Å². The van der Waals surface area contributed by atoms with Crippen molar-refractivity contribution >= 4 is 27.3 Å². The Morgan fingerprint density at radius 3 is 2.55 bits per heavy atom. The summed E-state index contributed by atoms with van der Waals surface area (Å²) >= 11 is 0. The molecule has 2 aromatic carbocycles. The molecule has 1 saturated heterocycles. The van der Waals surface area contributed by atoms with E-state index in [0.717, 1.165) is 31.9 Å². The minimum absolute atomic E-state index is 0.168. The van der Waals surface area contributed by atoms with Crippen LogP contribution in [0.2, 0.25) is 0 Å². The highest BCUT2D eigenvalue weighted by molar-refractivity contribution is 7.92. The molecule has 0 spiro atoms. The number of hydrogen-bond acceptors (Lipinski definition) is 6. The van der Waals surface area contributed by atoms with Gasteiger partial charge in [-0.1, -0.05) is 18.2 Å². The summed E-state index contributed by atoms with van der Waals surface area (Å²) in [6.45, 7) is 3.89. The van der Waals surface area contributed by atoms with Gasteiger partial charge in [-0.25, -0.2) is 8.42 Å². The quantitative estimate of drug-likeness (QED) is 0.559. The normalized spacial score (nSPS) is 14.4. The molecule has 0 radical (unpaired) electrons. The maximum absolute atomic E-state index is 12.9. The number of nitrogens with zero attached hydrogens (tertiary/aromatic N) is 1. The van der Waals surface area contributed by atoms with Gasteiger partial charge >= 0.3 is 0 Å². The molecule has 29 heavy (non-hydrogen) atoms. The van der Waals surface area contributed by atoms with Gasteiger partial charge in [0.2, 0.25) is 0 Å². The molecule has 0 atom stereocenters. The molecule has 3 rings (SSSR count). The van der Waals surface area contributed by atoms with E-state index in [2.05, 4.69) is 20.3 Å². The lowest BCUT2D eigenvalue weighted by atomic mass is 10.1. The van der Waals surface area contributed by atoms with E-state index in [9.17, 15) is 13.2 Å². The van der Waals surface area contributed by atoms with Crippen molar-refractivity contribution in [3.8, 4) is 0 Å². The van der Waals surface area contributed by atoms with Crippen LogP contribution in [0, 0.1) is 0 Å². The maximum atomic E-state index is 12.9. The first-order chi connectivity index (χ1) is 14.0. The standard InChI is InChI=1S/C20H26N4O4S/c1-28-14-11-22-20(25)16-7-8-19(24-12-9-21-10-13-24)18(15-16)23-29(26,27)17-5-3-2-4-6-17/h2-8,15,21,23H,9-14H2,1H3,(H,22,25). The van der Waals surface area contributed by atoms with E-state index >= 15 is 0 Å². The highest BCUT2D eigenvalue weighted by Gasteiger charge is 2.21. The van der Waals surface area contributed by atoms with Crippen molar-refractivity contribution in [1.29, 1.82) is 0 Å². The Morgan fingerprint density at radius 2 is 1.86 bits per heavy atom. The molecule has 0 saturated carbocycles. The van der Waals surface area contributed by atoms with Crippen LogP contribution in [0.5, 0.6) is 0 Å². The first kappa shape index (κ1) is 21.1. The van der Waals surface area contributed by atoms with Crippen molar-refractivity contribution in [2.24, 2.45) is 0 Å². The van der Waals surface area contributed by atoms with Gasteiger partial charge in [0.15, 0.2) is 0 Å². The third kappa shape index (κ3) is 5.47. The number of ether oxygens (including phenoxy) is 1. The summed E-state index contributed by atoms with van der Waals surface area (Å²) in [7, 11) is -2.22. The number of benzene rings is 2. The van der Waals surface area contributed by atoms with Gasteiger partial charge in [0.25, 0.3) is 15.9 Å². The van der Waals surface area contributed by atoms with Gasteiger partial charge in [-0.3, -0.25) is 9.52 Å². The van der Waals surface area contributed by atoms with E-state index < -0.39 is 10.0 Å². The number of anilines is 2. The first-order valence-electron chi connectivity index (χ1n) is 9.46. The Kier molecular flexibility index (Phi) is 7.08. The van der Waals surface area contributed by atoms with E-state index in [1.165, 1.54) is 12.1 Å². The van der Waals surface area contributed by atoms with Crippen molar-refractivity contribution in [2.75, 3.05) is 56.1 Å². The average Bonchev–Trinajstić information content (AvgIpc) is 2.75. The molecule has 2 aromatic rings. The number of carbonyl (C=O) groups is 1. The molecule has 1 heterocycles. The van der Waals surface area contributed by atoms with Crippen LogP contribution in [0.15, 0.2) is 53.4 Å². The summed E-state index contributed by atoms with van der Waals surface area (Å²) in [6, 6.07) is 13.3. The molecule has 1 amide bonds. The summed E-state index contributed by atoms with van der Waals surface area (Å²) in [5.41, 5.74) is 1.51. The fraction of sp³-hybridized carbons (Fsp3) is 0.350. The number of hydrogen-bond donors (Lipinski definition) is 3. The molecular formula is C20H26N4O4S. The van der Waals surface area contributed by atoms with Gasteiger partial charge in [0.1, 0.15) is 0 Å². The fourth-order valence-corrected chi connectivity index (χ4v) is 4.20. The summed E-state index contributed by atoms with van der Waals surface area (Å²) in [5, 5.41) is 6.04. The van der Waals surface area contributed by atoms with Crippen molar-refractivity contribution < 1.29 is 17.9 Å². The minimum atomic E-state index is -3.78. The SMILES string of the molecule is COCCNC(=O)c1ccc(N2CCNCC2)c(NS(=O)(=O)c2ccccc2)c1. The molecule has 0 bridgehead atoms. The van der Waals surface area contributed by atoms with Gasteiger partial charge in [-0.05, 0) is 30.3 Å². The van der Waals surface area contributed by atoms with Crippen molar-refractivity contribution in [3.63, 3.8) is 0 Å². The van der Waals surface area contributed by atoms with E-state index in [1.54, 1.807) is 43.5 Å². The highest BCUT2D eigenvalue weighted by Crippen LogP contribution is 2.30. The number of methoxy groups -OCH3 is 1. The molecular weight excluding hydrogens is 392 g/mol. The zero-order valence-electron chi connectivity index (χ0n) is 16.3. The Balaban J connectivity index is 1.92. The topological polar surface area (TPSA) is 99.8 Å². The van der Waals surface area contributed by atoms with Crippen LogP contribution in [0.3, 0.4) is 0 Å². The lowest BCUT2D eigenvalue weighted by Crippen LogP contribution is -2.43. The average molecular weight is 419 g/mol. The van der Waals surface area contributed by atoms with E-state index in [0.29, 0.717) is 24.4 Å². The predicted octanol–water partition coefficient (Wildman–Crippen LogP) is 1.27. The van der Waals surface area contributed by atoms with Gasteiger partial charge in [-0.2, -0.15) is 0 Å². The van der Waals surface area contributed by atoms with E-state index in [1.807, 2.05) is 0 Å². The molecule has 9 heteroatoms. The van der Waals surface area contributed by atoms with Crippen LogP contribution in [0.25, 0.3) is 0 Å². The number of piperazine rings is 1.